The predicted molar refractivity (Wildman–Crippen MR) is 155 cm³/mol. The Hall–Kier alpha value is -3.84. The lowest BCUT2D eigenvalue weighted by atomic mass is 9.75. The van der Waals surface area contributed by atoms with E-state index in [1.165, 1.54) is 22.3 Å². The zero-order valence-electron chi connectivity index (χ0n) is 23.1. The van der Waals surface area contributed by atoms with Gasteiger partial charge in [0.1, 0.15) is 19.0 Å². The third kappa shape index (κ3) is 5.30. The van der Waals surface area contributed by atoms with E-state index < -0.39 is 0 Å². The molecule has 3 aliphatic rings. The van der Waals surface area contributed by atoms with E-state index in [9.17, 15) is 9.59 Å². The molecule has 1 spiro atoms. The van der Waals surface area contributed by atoms with Gasteiger partial charge in [-0.15, -0.1) is 0 Å². The third-order valence-electron chi connectivity index (χ3n) is 8.80. The van der Waals surface area contributed by atoms with Crippen molar-refractivity contribution in [1.82, 2.24) is 15.1 Å². The van der Waals surface area contributed by atoms with Gasteiger partial charge in [0.05, 0.1) is 6.54 Å². The highest BCUT2D eigenvalue weighted by Gasteiger charge is 2.36. The minimum absolute atomic E-state index is 0.00371. The maximum Gasteiger partial charge on any atom is 0.409 e. The normalized spacial score (nSPS) is 19.1. The predicted octanol–water partition coefficient (Wildman–Crippen LogP) is 5.16. The number of benzene rings is 3. The lowest BCUT2D eigenvalue weighted by Gasteiger charge is -2.41. The maximum absolute atomic E-state index is 13.6. The number of nitrogens with one attached hydrogen (secondary N) is 1. The van der Waals surface area contributed by atoms with Crippen molar-refractivity contribution in [2.24, 2.45) is 5.41 Å². The first kappa shape index (κ1) is 26.4. The summed E-state index contributed by atoms with van der Waals surface area (Å²) in [5.41, 5.74) is 5.38. The molecule has 1 aliphatic carbocycles. The molecule has 1 saturated heterocycles. The molecule has 3 aromatic carbocycles. The van der Waals surface area contributed by atoms with Crippen LogP contribution in [0.3, 0.4) is 0 Å². The van der Waals surface area contributed by atoms with E-state index in [-0.39, 0.29) is 23.3 Å². The first-order chi connectivity index (χ1) is 19.5. The van der Waals surface area contributed by atoms with Crippen LogP contribution < -0.4 is 10.1 Å². The van der Waals surface area contributed by atoms with E-state index in [2.05, 4.69) is 41.7 Å². The van der Waals surface area contributed by atoms with Crippen LogP contribution in [0, 0.1) is 5.41 Å². The van der Waals surface area contributed by atoms with Crippen molar-refractivity contribution in [2.45, 2.75) is 25.2 Å². The van der Waals surface area contributed by atoms with Crippen molar-refractivity contribution < 1.29 is 19.1 Å². The molecule has 2 bridgehead atoms. The Balaban J connectivity index is 1.21. The van der Waals surface area contributed by atoms with Crippen LogP contribution in [-0.4, -0.2) is 74.8 Å². The van der Waals surface area contributed by atoms with Gasteiger partial charge in [-0.3, -0.25) is 4.79 Å². The van der Waals surface area contributed by atoms with Gasteiger partial charge in [0, 0.05) is 31.6 Å². The Morgan fingerprint density at radius 3 is 2.38 bits per heavy atom. The highest BCUT2D eigenvalue weighted by Crippen LogP contribution is 2.44. The fourth-order valence-electron chi connectivity index (χ4n) is 6.58. The van der Waals surface area contributed by atoms with Gasteiger partial charge in [-0.1, -0.05) is 54.6 Å². The Kier molecular flexibility index (Phi) is 7.48. The standard InChI is InChI=1S/C33H37N3O4/c1-35-23-33(13-16-34-17-14-33)15-18-36(19-20-39-25-8-6-7-24(21-25)31(35)37)32(38)40-22-30-28-11-4-2-9-26(28)27-10-3-5-12-29(27)30/h2-12,21,30,34H,13-20,22-23H2,1H3. The summed E-state index contributed by atoms with van der Waals surface area (Å²) in [5, 5.41) is 3.46. The molecule has 2 amide bonds. The Morgan fingerprint density at radius 2 is 1.65 bits per heavy atom. The molecule has 0 atom stereocenters. The van der Waals surface area contributed by atoms with E-state index in [0.717, 1.165) is 32.4 Å². The smallest absolute Gasteiger partial charge is 0.409 e. The molecule has 7 heteroatoms. The van der Waals surface area contributed by atoms with Gasteiger partial charge in [0.15, 0.2) is 0 Å². The van der Waals surface area contributed by atoms with Crippen molar-refractivity contribution in [3.63, 3.8) is 0 Å². The van der Waals surface area contributed by atoms with E-state index in [1.54, 1.807) is 11.0 Å². The van der Waals surface area contributed by atoms with Crippen molar-refractivity contribution in [1.29, 1.82) is 0 Å². The molecular weight excluding hydrogens is 502 g/mol. The quantitative estimate of drug-likeness (QED) is 0.487. The molecule has 7 nitrogen and oxygen atoms in total. The molecule has 0 radical (unpaired) electrons. The number of ether oxygens (including phenoxy) is 2. The minimum Gasteiger partial charge on any atom is -0.492 e. The SMILES string of the molecule is CN1CC2(CCNCC2)CCN(C(=O)OCC2c3ccccc3-c3ccccc32)CCOc2cccc(c2)C1=O. The molecule has 208 valence electrons. The molecule has 40 heavy (non-hydrogen) atoms. The van der Waals surface area contributed by atoms with Gasteiger partial charge in [-0.05, 0) is 78.2 Å². The second-order valence-electron chi connectivity index (χ2n) is 11.3. The van der Waals surface area contributed by atoms with Gasteiger partial charge in [-0.2, -0.15) is 0 Å². The molecule has 0 unspecified atom stereocenters. The molecule has 2 heterocycles. The summed E-state index contributed by atoms with van der Waals surface area (Å²) in [6.07, 6.45) is 2.40. The molecule has 1 fully saturated rings. The Morgan fingerprint density at radius 1 is 0.950 bits per heavy atom. The zero-order chi connectivity index (χ0) is 27.5. The summed E-state index contributed by atoms with van der Waals surface area (Å²) < 4.78 is 12.0. The van der Waals surface area contributed by atoms with Gasteiger partial charge < -0.3 is 24.6 Å². The Labute approximate surface area is 236 Å². The number of rotatable bonds is 2. The first-order valence-electron chi connectivity index (χ1n) is 14.3. The maximum atomic E-state index is 13.6. The highest BCUT2D eigenvalue weighted by atomic mass is 16.6. The summed E-state index contributed by atoms with van der Waals surface area (Å²) in [7, 11) is 1.88. The van der Waals surface area contributed by atoms with E-state index >= 15 is 0 Å². The van der Waals surface area contributed by atoms with Crippen LogP contribution in [0.1, 0.15) is 46.7 Å². The summed E-state index contributed by atoms with van der Waals surface area (Å²) in [6, 6.07) is 24.1. The summed E-state index contributed by atoms with van der Waals surface area (Å²) in [5.74, 6) is 0.639. The fourth-order valence-corrected chi connectivity index (χ4v) is 6.58. The first-order valence-corrected chi connectivity index (χ1v) is 14.3. The second kappa shape index (κ2) is 11.3. The number of carbonyl (C=O) groups is 2. The lowest BCUT2D eigenvalue weighted by Crippen LogP contribution is -2.47. The van der Waals surface area contributed by atoms with Crippen LogP contribution in [0.5, 0.6) is 5.75 Å². The topological polar surface area (TPSA) is 71.1 Å². The number of amides is 2. The number of carbonyl (C=O) groups excluding carboxylic acids is 2. The van der Waals surface area contributed by atoms with Crippen LogP contribution in [0.15, 0.2) is 72.8 Å². The fraction of sp³-hybridized carbons (Fsp3) is 0.394. The van der Waals surface area contributed by atoms with E-state index in [4.69, 9.17) is 9.47 Å². The number of fused-ring (bicyclic) bond motifs is 5. The molecular formula is C33H37N3O4. The second-order valence-corrected chi connectivity index (χ2v) is 11.3. The number of hydrogen-bond donors (Lipinski definition) is 1. The monoisotopic (exact) mass is 539 g/mol. The Bertz CT molecular complexity index is 1340. The zero-order valence-corrected chi connectivity index (χ0v) is 23.1. The van der Waals surface area contributed by atoms with Crippen molar-refractivity contribution in [2.75, 3.05) is 53.0 Å². The lowest BCUT2D eigenvalue weighted by molar-refractivity contribution is 0.0572. The van der Waals surface area contributed by atoms with E-state index in [0.29, 0.717) is 44.2 Å². The molecule has 2 aliphatic heterocycles. The molecule has 0 aromatic heterocycles. The van der Waals surface area contributed by atoms with Crippen LogP contribution in [-0.2, 0) is 4.74 Å². The van der Waals surface area contributed by atoms with Gasteiger partial charge >= 0.3 is 6.09 Å². The number of nitrogens with zero attached hydrogens (tertiary/aromatic N) is 2. The minimum atomic E-state index is -0.317. The van der Waals surface area contributed by atoms with Crippen molar-refractivity contribution >= 4 is 12.0 Å². The molecule has 6 rings (SSSR count). The number of hydrogen-bond acceptors (Lipinski definition) is 5. The van der Waals surface area contributed by atoms with E-state index in [1.807, 2.05) is 42.3 Å². The van der Waals surface area contributed by atoms with Crippen LogP contribution in [0.2, 0.25) is 0 Å². The molecule has 1 N–H and O–H groups in total. The third-order valence-corrected chi connectivity index (χ3v) is 8.80. The van der Waals surface area contributed by atoms with Crippen LogP contribution >= 0.6 is 0 Å². The van der Waals surface area contributed by atoms with Crippen molar-refractivity contribution in [3.05, 3.63) is 89.5 Å². The van der Waals surface area contributed by atoms with Gasteiger partial charge in [0.2, 0.25) is 0 Å². The summed E-state index contributed by atoms with van der Waals surface area (Å²) in [4.78, 5) is 30.5. The van der Waals surface area contributed by atoms with Crippen LogP contribution in [0.25, 0.3) is 11.1 Å². The van der Waals surface area contributed by atoms with Crippen LogP contribution in [0.4, 0.5) is 4.79 Å². The summed E-state index contributed by atoms with van der Waals surface area (Å²) >= 11 is 0. The largest absolute Gasteiger partial charge is 0.492 e. The van der Waals surface area contributed by atoms with Gasteiger partial charge in [-0.25, -0.2) is 4.79 Å². The highest BCUT2D eigenvalue weighted by molar-refractivity contribution is 5.94. The number of piperidine rings is 1. The summed E-state index contributed by atoms with van der Waals surface area (Å²) in [6.45, 7) is 4.05. The average Bonchev–Trinajstić information content (AvgIpc) is 3.31. The average molecular weight is 540 g/mol. The van der Waals surface area contributed by atoms with Gasteiger partial charge in [0.25, 0.3) is 5.91 Å². The van der Waals surface area contributed by atoms with Crippen molar-refractivity contribution in [3.8, 4) is 16.9 Å². The molecule has 0 saturated carbocycles. The molecule has 3 aromatic rings.